The molecule has 23 heavy (non-hydrogen) atoms. The molecule has 4 aromatic rings. The predicted octanol–water partition coefficient (Wildman–Crippen LogP) is 2.60. The summed E-state index contributed by atoms with van der Waals surface area (Å²) in [6, 6.07) is 14.8. The maximum atomic E-state index is 12.9. The van der Waals surface area contributed by atoms with E-state index in [0.717, 1.165) is 16.5 Å². The van der Waals surface area contributed by atoms with Crippen LogP contribution in [0.4, 0.5) is 5.69 Å². The van der Waals surface area contributed by atoms with Crippen molar-refractivity contribution in [3.63, 3.8) is 0 Å². The third-order valence-corrected chi connectivity index (χ3v) is 4.36. The van der Waals surface area contributed by atoms with Gasteiger partial charge in [0.05, 0.1) is 5.69 Å². The Bertz CT molecular complexity index is 1110. The van der Waals surface area contributed by atoms with Gasteiger partial charge in [-0.1, -0.05) is 33.6 Å². The Kier molecular flexibility index (Phi) is 2.92. The summed E-state index contributed by atoms with van der Waals surface area (Å²) in [4.78, 5) is 12.9. The zero-order chi connectivity index (χ0) is 16.1. The van der Waals surface area contributed by atoms with E-state index in [1.54, 1.807) is 28.8 Å². The zero-order valence-electron chi connectivity index (χ0n) is 12.4. The van der Waals surface area contributed by atoms with Gasteiger partial charge in [0.15, 0.2) is 11.2 Å². The second-order valence-electron chi connectivity index (χ2n) is 5.46. The van der Waals surface area contributed by atoms with E-state index in [-0.39, 0.29) is 5.56 Å². The van der Waals surface area contributed by atoms with Crippen molar-refractivity contribution in [1.29, 1.82) is 0 Å². The Labute approximate surface area is 136 Å². The maximum Gasteiger partial charge on any atom is 0.406 e. The van der Waals surface area contributed by atoms with Gasteiger partial charge in [-0.15, -0.1) is 4.52 Å². The minimum absolute atomic E-state index is 0.151. The highest BCUT2D eigenvalue weighted by atomic mass is 35.5. The second kappa shape index (κ2) is 4.86. The van der Waals surface area contributed by atoms with Gasteiger partial charge in [-0.3, -0.25) is 0 Å². The third kappa shape index (κ3) is 1.94. The molecular formula is C17H14ClN4O+. The minimum atomic E-state index is -0.151. The van der Waals surface area contributed by atoms with Crippen LogP contribution in [0.1, 0.15) is 5.56 Å². The van der Waals surface area contributed by atoms with E-state index in [2.05, 4.69) is 5.21 Å². The number of nitrogens with two attached hydrogens (primary N) is 1. The summed E-state index contributed by atoms with van der Waals surface area (Å²) in [5.41, 5.74) is 9.57. The van der Waals surface area contributed by atoms with Crippen LogP contribution in [0.15, 0.2) is 53.3 Å². The number of aromatic amines is 1. The molecule has 0 aliphatic heterocycles. The Morgan fingerprint density at radius 1 is 1.13 bits per heavy atom. The van der Waals surface area contributed by atoms with E-state index in [0.29, 0.717) is 21.9 Å². The molecule has 2 aromatic carbocycles. The number of pyridine rings is 1. The first-order chi connectivity index (χ1) is 11.1. The van der Waals surface area contributed by atoms with Crippen LogP contribution < -0.4 is 15.8 Å². The van der Waals surface area contributed by atoms with Gasteiger partial charge in [-0.05, 0) is 43.3 Å². The largest absolute Gasteiger partial charge is 0.406 e. The monoisotopic (exact) mass is 325 g/mol. The van der Waals surface area contributed by atoms with Gasteiger partial charge in [0, 0.05) is 16.0 Å². The molecule has 3 N–H and O–H groups in total. The highest BCUT2D eigenvalue weighted by Gasteiger charge is 2.23. The van der Waals surface area contributed by atoms with Crippen LogP contribution in [0, 0.1) is 6.92 Å². The van der Waals surface area contributed by atoms with Crippen molar-refractivity contribution in [3.05, 3.63) is 69.5 Å². The molecule has 114 valence electrons. The van der Waals surface area contributed by atoms with Crippen LogP contribution >= 0.6 is 11.6 Å². The summed E-state index contributed by atoms with van der Waals surface area (Å²) in [5, 5.41) is 4.66. The van der Waals surface area contributed by atoms with E-state index >= 15 is 0 Å². The quantitative estimate of drug-likeness (QED) is 0.528. The molecule has 2 heterocycles. The number of fused-ring (bicyclic) bond motifs is 3. The van der Waals surface area contributed by atoms with Crippen LogP contribution in [0.2, 0.25) is 5.02 Å². The summed E-state index contributed by atoms with van der Waals surface area (Å²) in [6.45, 7) is 1.86. The molecule has 0 atom stereocenters. The molecule has 0 unspecified atom stereocenters. The molecule has 5 nitrogen and oxygen atoms in total. The van der Waals surface area contributed by atoms with Crippen molar-refractivity contribution in [2.45, 2.75) is 6.92 Å². The lowest BCUT2D eigenvalue weighted by atomic mass is 10.1. The number of H-pyrrole nitrogens is 1. The number of aromatic nitrogens is 3. The highest BCUT2D eigenvalue weighted by Crippen LogP contribution is 2.23. The zero-order valence-corrected chi connectivity index (χ0v) is 13.1. The average molecular weight is 326 g/mol. The molecule has 0 saturated carbocycles. The number of nitrogens with one attached hydrogen (secondary N) is 1. The molecule has 6 heteroatoms. The molecule has 2 aromatic heterocycles. The Morgan fingerprint density at radius 3 is 2.57 bits per heavy atom. The average Bonchev–Trinajstić information content (AvgIpc) is 2.91. The lowest BCUT2D eigenvalue weighted by molar-refractivity contribution is -0.555. The van der Waals surface area contributed by atoms with Crippen LogP contribution in [0.5, 0.6) is 0 Å². The minimum Gasteiger partial charge on any atom is -0.398 e. The van der Waals surface area contributed by atoms with Crippen LogP contribution in [0.3, 0.4) is 0 Å². The number of aryl methyl sites for hydroxylation is 1. The van der Waals surface area contributed by atoms with Gasteiger partial charge in [0.1, 0.15) is 0 Å². The molecule has 4 rings (SSSR count). The van der Waals surface area contributed by atoms with Crippen molar-refractivity contribution in [2.75, 3.05) is 5.73 Å². The van der Waals surface area contributed by atoms with Crippen LogP contribution in [0.25, 0.3) is 22.1 Å². The van der Waals surface area contributed by atoms with Crippen molar-refractivity contribution in [1.82, 2.24) is 9.90 Å². The van der Waals surface area contributed by atoms with Gasteiger partial charge in [0.2, 0.25) is 5.52 Å². The van der Waals surface area contributed by atoms with E-state index in [1.807, 2.05) is 31.2 Å². The Balaban J connectivity index is 2.16. The third-order valence-electron chi connectivity index (χ3n) is 4.11. The Hall–Kier alpha value is -2.79. The number of rotatable bonds is 1. The molecule has 0 fully saturated rings. The van der Waals surface area contributed by atoms with Gasteiger partial charge >= 0.3 is 5.56 Å². The second-order valence-corrected chi connectivity index (χ2v) is 5.89. The van der Waals surface area contributed by atoms with Crippen molar-refractivity contribution >= 4 is 33.7 Å². The number of benzene rings is 2. The number of hydrogen-bond acceptors (Lipinski definition) is 2. The summed E-state index contributed by atoms with van der Waals surface area (Å²) >= 11 is 5.92. The van der Waals surface area contributed by atoms with Gasteiger partial charge in [-0.25, -0.2) is 4.79 Å². The van der Waals surface area contributed by atoms with Crippen LogP contribution in [-0.4, -0.2) is 9.90 Å². The van der Waals surface area contributed by atoms with Crippen LogP contribution in [-0.2, 0) is 0 Å². The fourth-order valence-electron chi connectivity index (χ4n) is 2.89. The lowest BCUT2D eigenvalue weighted by Crippen LogP contribution is -2.27. The highest BCUT2D eigenvalue weighted by molar-refractivity contribution is 6.30. The standard InChI is InChI=1S/C17H13ClN4O/c1-10-15(19)13-4-2-3-5-14(13)22-16(10)17(23)21(20-22)12-8-6-11(18)7-9-12/h2-9,19-20H,1H3/p+1. The normalized spacial score (nSPS) is 11.4. The molecule has 0 bridgehead atoms. The number of anilines is 1. The molecule has 0 aliphatic rings. The lowest BCUT2D eigenvalue weighted by Gasteiger charge is -2.03. The molecular weight excluding hydrogens is 312 g/mol. The smallest absolute Gasteiger partial charge is 0.398 e. The summed E-state index contributed by atoms with van der Waals surface area (Å²) in [6.07, 6.45) is 0. The van der Waals surface area contributed by atoms with E-state index in [1.165, 1.54) is 4.68 Å². The SMILES string of the molecule is Cc1c(N)c2ccccc2[n+]2[nH]n(-c3ccc(Cl)cc3)c(=O)c12. The van der Waals surface area contributed by atoms with Crippen molar-refractivity contribution < 1.29 is 4.52 Å². The summed E-state index contributed by atoms with van der Waals surface area (Å²) in [5.74, 6) is 0. The molecule has 0 saturated heterocycles. The van der Waals surface area contributed by atoms with Gasteiger partial charge in [0.25, 0.3) is 0 Å². The van der Waals surface area contributed by atoms with Gasteiger partial charge < -0.3 is 5.73 Å². The number of nitrogens with zero attached hydrogens (tertiary/aromatic N) is 2. The first-order valence-corrected chi connectivity index (χ1v) is 7.55. The first-order valence-electron chi connectivity index (χ1n) is 7.17. The number of para-hydroxylation sites is 1. The fourth-order valence-corrected chi connectivity index (χ4v) is 3.02. The topological polar surface area (TPSA) is 67.9 Å². The number of halogens is 1. The predicted molar refractivity (Wildman–Crippen MR) is 91.2 cm³/mol. The van der Waals surface area contributed by atoms with Gasteiger partial charge in [-0.2, -0.15) is 0 Å². The van der Waals surface area contributed by atoms with E-state index < -0.39 is 0 Å². The Morgan fingerprint density at radius 2 is 1.83 bits per heavy atom. The van der Waals surface area contributed by atoms with E-state index in [9.17, 15) is 4.79 Å². The fraction of sp³-hybridized carbons (Fsp3) is 0.0588. The molecule has 0 aliphatic carbocycles. The van der Waals surface area contributed by atoms with E-state index in [4.69, 9.17) is 17.3 Å². The molecule has 0 spiro atoms. The molecule has 0 amide bonds. The summed E-state index contributed by atoms with van der Waals surface area (Å²) < 4.78 is 3.27. The summed E-state index contributed by atoms with van der Waals surface area (Å²) in [7, 11) is 0. The molecule has 0 radical (unpaired) electrons. The number of hydrogen-bond donors (Lipinski definition) is 2. The maximum absolute atomic E-state index is 12.9. The number of nitrogen functional groups attached to an aromatic ring is 1. The first kappa shape index (κ1) is 13.8. The van der Waals surface area contributed by atoms with Crippen molar-refractivity contribution in [2.24, 2.45) is 0 Å². The van der Waals surface area contributed by atoms with Crippen molar-refractivity contribution in [3.8, 4) is 5.69 Å².